The monoisotopic (exact) mass is 266 g/mol. The van der Waals surface area contributed by atoms with E-state index in [9.17, 15) is 14.5 Å². The summed E-state index contributed by atoms with van der Waals surface area (Å²) in [5.41, 5.74) is -0.150. The topological polar surface area (TPSA) is 55.2 Å². The first kappa shape index (κ1) is 13.8. The standard InChI is InChI=1S/C14H19FN2O2/c1-10-6-3-2-4-8-12(10)16-13-9-5-7-11(15)14(13)17(18)19/h5,7,9-10,12,16H,2-4,6,8H2,1H3. The average Bonchev–Trinajstić information content (AvgIpc) is 2.54. The molecule has 1 aliphatic rings. The van der Waals surface area contributed by atoms with Gasteiger partial charge >= 0.3 is 5.69 Å². The molecule has 1 N–H and O–H groups in total. The number of hydrogen-bond acceptors (Lipinski definition) is 3. The smallest absolute Gasteiger partial charge is 0.327 e. The van der Waals surface area contributed by atoms with Crippen molar-refractivity contribution in [3.63, 3.8) is 0 Å². The van der Waals surface area contributed by atoms with E-state index in [2.05, 4.69) is 12.2 Å². The molecule has 4 nitrogen and oxygen atoms in total. The van der Waals surface area contributed by atoms with Crippen LogP contribution in [-0.2, 0) is 0 Å². The molecule has 1 aromatic carbocycles. The summed E-state index contributed by atoms with van der Waals surface area (Å²) < 4.78 is 13.6. The number of nitro benzene ring substituents is 1. The highest BCUT2D eigenvalue weighted by Gasteiger charge is 2.25. The van der Waals surface area contributed by atoms with Crippen molar-refractivity contribution >= 4 is 11.4 Å². The second-order valence-electron chi connectivity index (χ2n) is 5.26. The van der Waals surface area contributed by atoms with Crippen LogP contribution >= 0.6 is 0 Å². The molecule has 0 aromatic heterocycles. The van der Waals surface area contributed by atoms with Gasteiger partial charge in [0.05, 0.1) is 4.92 Å². The number of nitrogens with zero attached hydrogens (tertiary/aromatic N) is 1. The maximum Gasteiger partial charge on any atom is 0.327 e. The molecule has 1 saturated carbocycles. The second kappa shape index (κ2) is 5.99. The van der Waals surface area contributed by atoms with Crippen molar-refractivity contribution in [2.24, 2.45) is 5.92 Å². The Bertz CT molecular complexity index is 465. The maximum absolute atomic E-state index is 13.6. The van der Waals surface area contributed by atoms with Gasteiger partial charge in [-0.2, -0.15) is 4.39 Å². The zero-order valence-corrected chi connectivity index (χ0v) is 11.1. The number of anilines is 1. The van der Waals surface area contributed by atoms with Gasteiger partial charge in [0.1, 0.15) is 5.69 Å². The highest BCUT2D eigenvalue weighted by atomic mass is 19.1. The van der Waals surface area contributed by atoms with E-state index in [0.717, 1.165) is 25.3 Å². The average molecular weight is 266 g/mol. The fourth-order valence-electron chi connectivity index (χ4n) is 2.72. The summed E-state index contributed by atoms with van der Waals surface area (Å²) >= 11 is 0. The lowest BCUT2D eigenvalue weighted by molar-refractivity contribution is -0.386. The minimum Gasteiger partial charge on any atom is -0.376 e. The van der Waals surface area contributed by atoms with Crippen molar-refractivity contribution in [2.75, 3.05) is 5.32 Å². The predicted octanol–water partition coefficient (Wildman–Crippen LogP) is 4.11. The minimum absolute atomic E-state index is 0.183. The van der Waals surface area contributed by atoms with Gasteiger partial charge in [0.2, 0.25) is 5.82 Å². The lowest BCUT2D eigenvalue weighted by Gasteiger charge is -2.23. The molecule has 1 aromatic rings. The van der Waals surface area contributed by atoms with Gasteiger partial charge in [-0.05, 0) is 30.9 Å². The van der Waals surface area contributed by atoms with Crippen LogP contribution < -0.4 is 5.32 Å². The van der Waals surface area contributed by atoms with Gasteiger partial charge in [-0.25, -0.2) is 0 Å². The van der Waals surface area contributed by atoms with Gasteiger partial charge in [-0.1, -0.05) is 32.3 Å². The molecular weight excluding hydrogens is 247 g/mol. The van der Waals surface area contributed by atoms with Crippen LogP contribution in [0.5, 0.6) is 0 Å². The number of nitrogens with one attached hydrogen (secondary N) is 1. The first-order chi connectivity index (χ1) is 9.09. The van der Waals surface area contributed by atoms with Gasteiger partial charge in [-0.3, -0.25) is 10.1 Å². The summed E-state index contributed by atoms with van der Waals surface area (Å²) in [6.45, 7) is 2.15. The van der Waals surface area contributed by atoms with Crippen LogP contribution in [-0.4, -0.2) is 11.0 Å². The minimum atomic E-state index is -0.781. The second-order valence-corrected chi connectivity index (χ2v) is 5.26. The van der Waals surface area contributed by atoms with Crippen LogP contribution in [0.1, 0.15) is 39.0 Å². The Kier molecular flexibility index (Phi) is 4.35. The molecule has 0 bridgehead atoms. The van der Waals surface area contributed by atoms with Gasteiger partial charge in [0.25, 0.3) is 0 Å². The number of hydrogen-bond donors (Lipinski definition) is 1. The van der Waals surface area contributed by atoms with E-state index >= 15 is 0 Å². The Morgan fingerprint density at radius 2 is 2.05 bits per heavy atom. The first-order valence-corrected chi connectivity index (χ1v) is 6.79. The normalized spacial score (nSPS) is 23.7. The van der Waals surface area contributed by atoms with Crippen LogP contribution in [0.3, 0.4) is 0 Å². The number of nitro groups is 1. The molecule has 1 fully saturated rings. The van der Waals surface area contributed by atoms with Crippen molar-refractivity contribution in [3.8, 4) is 0 Å². The molecule has 1 aliphatic carbocycles. The third kappa shape index (κ3) is 3.22. The van der Waals surface area contributed by atoms with E-state index in [1.165, 1.54) is 18.9 Å². The molecular formula is C14H19FN2O2. The molecule has 2 unspecified atom stereocenters. The molecule has 0 amide bonds. The Labute approximate surface area is 112 Å². The molecule has 0 radical (unpaired) electrons. The zero-order valence-electron chi connectivity index (χ0n) is 11.1. The number of benzene rings is 1. The van der Waals surface area contributed by atoms with E-state index in [1.54, 1.807) is 6.07 Å². The van der Waals surface area contributed by atoms with E-state index in [1.807, 2.05) is 0 Å². The highest BCUT2D eigenvalue weighted by Crippen LogP contribution is 2.31. The highest BCUT2D eigenvalue weighted by molar-refractivity contribution is 5.62. The summed E-state index contributed by atoms with van der Waals surface area (Å²) in [6, 6.07) is 4.40. The van der Waals surface area contributed by atoms with Crippen molar-refractivity contribution < 1.29 is 9.31 Å². The van der Waals surface area contributed by atoms with Crippen molar-refractivity contribution in [1.82, 2.24) is 0 Å². The molecule has 2 atom stereocenters. The van der Waals surface area contributed by atoms with E-state index in [-0.39, 0.29) is 6.04 Å². The lowest BCUT2D eigenvalue weighted by atomic mass is 9.96. The maximum atomic E-state index is 13.6. The van der Waals surface area contributed by atoms with Crippen molar-refractivity contribution in [2.45, 2.75) is 45.1 Å². The van der Waals surface area contributed by atoms with E-state index in [0.29, 0.717) is 11.6 Å². The molecule has 0 aliphatic heterocycles. The number of rotatable bonds is 3. The Morgan fingerprint density at radius 1 is 1.32 bits per heavy atom. The van der Waals surface area contributed by atoms with Crippen LogP contribution in [0.4, 0.5) is 15.8 Å². The van der Waals surface area contributed by atoms with Crippen LogP contribution in [0.25, 0.3) is 0 Å². The quantitative estimate of drug-likeness (QED) is 0.508. The predicted molar refractivity (Wildman–Crippen MR) is 72.7 cm³/mol. The zero-order chi connectivity index (χ0) is 13.8. The largest absolute Gasteiger partial charge is 0.376 e. The molecule has 0 heterocycles. The van der Waals surface area contributed by atoms with E-state index < -0.39 is 16.4 Å². The molecule has 0 spiro atoms. The van der Waals surface area contributed by atoms with Gasteiger partial charge < -0.3 is 5.32 Å². The van der Waals surface area contributed by atoms with E-state index in [4.69, 9.17) is 0 Å². The summed E-state index contributed by atoms with van der Waals surface area (Å²) in [5.74, 6) is -0.332. The third-order valence-electron chi connectivity index (χ3n) is 3.87. The molecule has 2 rings (SSSR count). The lowest BCUT2D eigenvalue weighted by Crippen LogP contribution is -2.26. The van der Waals surface area contributed by atoms with Gasteiger partial charge in [-0.15, -0.1) is 0 Å². The summed E-state index contributed by atoms with van der Waals surface area (Å²) in [6.07, 6.45) is 5.61. The third-order valence-corrected chi connectivity index (χ3v) is 3.87. The summed E-state index contributed by atoms with van der Waals surface area (Å²) in [4.78, 5) is 10.3. The first-order valence-electron chi connectivity index (χ1n) is 6.79. The summed E-state index contributed by atoms with van der Waals surface area (Å²) in [5, 5.41) is 14.1. The fraction of sp³-hybridized carbons (Fsp3) is 0.571. The molecule has 19 heavy (non-hydrogen) atoms. The molecule has 104 valence electrons. The van der Waals surface area contributed by atoms with Gasteiger partial charge in [0.15, 0.2) is 0 Å². The van der Waals surface area contributed by atoms with Crippen LogP contribution in [0.2, 0.25) is 0 Å². The molecule has 5 heteroatoms. The van der Waals surface area contributed by atoms with Crippen molar-refractivity contribution in [1.29, 1.82) is 0 Å². The molecule has 0 saturated heterocycles. The number of halogens is 1. The van der Waals surface area contributed by atoms with Gasteiger partial charge in [0, 0.05) is 6.04 Å². The Morgan fingerprint density at radius 3 is 2.79 bits per heavy atom. The van der Waals surface area contributed by atoms with Crippen molar-refractivity contribution in [3.05, 3.63) is 34.1 Å². The Balaban J connectivity index is 2.22. The number of para-hydroxylation sites is 1. The fourth-order valence-corrected chi connectivity index (χ4v) is 2.72. The summed E-state index contributed by atoms with van der Waals surface area (Å²) in [7, 11) is 0. The SMILES string of the molecule is CC1CCCCCC1Nc1cccc(F)c1[N+](=O)[O-]. The van der Waals surface area contributed by atoms with Crippen LogP contribution in [0.15, 0.2) is 18.2 Å². The Hall–Kier alpha value is -1.65. The van der Waals surface area contributed by atoms with Crippen LogP contribution in [0, 0.1) is 21.8 Å².